The molecule has 0 aromatic heterocycles. The lowest BCUT2D eigenvalue weighted by atomic mass is 10.2. The van der Waals surface area contributed by atoms with Gasteiger partial charge >= 0.3 is 0 Å². The normalized spacial score (nSPS) is 14.9. The molecule has 0 aliphatic carbocycles. The Balaban J connectivity index is 1.38. The van der Waals surface area contributed by atoms with Crippen molar-refractivity contribution in [1.82, 2.24) is 9.80 Å². The number of nitriles is 1. The molecule has 0 spiro atoms. The highest BCUT2D eigenvalue weighted by atomic mass is 16.5. The lowest BCUT2D eigenvalue weighted by Gasteiger charge is -2.34. The van der Waals surface area contributed by atoms with E-state index in [9.17, 15) is 4.79 Å². The van der Waals surface area contributed by atoms with Gasteiger partial charge in [-0.3, -0.25) is 9.69 Å². The van der Waals surface area contributed by atoms with Gasteiger partial charge in [0.2, 0.25) is 0 Å². The summed E-state index contributed by atoms with van der Waals surface area (Å²) >= 11 is 0. The maximum atomic E-state index is 12.3. The summed E-state index contributed by atoms with van der Waals surface area (Å²) in [5.41, 5.74) is 1.78. The van der Waals surface area contributed by atoms with E-state index in [0.29, 0.717) is 11.3 Å². The summed E-state index contributed by atoms with van der Waals surface area (Å²) in [5.74, 6) is 0.603. The lowest BCUT2D eigenvalue weighted by molar-refractivity contribution is -0.135. The lowest BCUT2D eigenvalue weighted by Crippen LogP contribution is -2.49. The van der Waals surface area contributed by atoms with Crippen LogP contribution in [0.15, 0.2) is 60.7 Å². The van der Waals surface area contributed by atoms with Crippen molar-refractivity contribution in [3.05, 3.63) is 71.8 Å². The van der Waals surface area contributed by atoms with Gasteiger partial charge in [-0.2, -0.15) is 5.26 Å². The minimum Gasteiger partial charge on any atom is -0.484 e. The van der Waals surface area contributed by atoms with Crippen molar-refractivity contribution in [1.29, 1.82) is 5.26 Å². The third kappa shape index (κ3) is 5.70. The van der Waals surface area contributed by atoms with Gasteiger partial charge in [0.25, 0.3) is 5.91 Å². The van der Waals surface area contributed by atoms with Gasteiger partial charge in [-0.25, -0.2) is 0 Å². The van der Waals surface area contributed by atoms with Crippen molar-refractivity contribution in [2.24, 2.45) is 0 Å². The predicted octanol–water partition coefficient (Wildman–Crippen LogP) is 2.79. The van der Waals surface area contributed by atoms with E-state index in [1.807, 2.05) is 23.1 Å². The first-order valence-corrected chi connectivity index (χ1v) is 9.09. The maximum Gasteiger partial charge on any atom is 0.260 e. The largest absolute Gasteiger partial charge is 0.484 e. The zero-order valence-electron chi connectivity index (χ0n) is 15.3. The van der Waals surface area contributed by atoms with Crippen LogP contribution in [-0.2, 0) is 4.79 Å². The minimum absolute atomic E-state index is 0.00108. The van der Waals surface area contributed by atoms with E-state index in [-0.39, 0.29) is 12.5 Å². The predicted molar refractivity (Wildman–Crippen MR) is 105 cm³/mol. The summed E-state index contributed by atoms with van der Waals surface area (Å²) in [6.07, 6.45) is 4.30. The van der Waals surface area contributed by atoms with Crippen molar-refractivity contribution in [3.63, 3.8) is 0 Å². The summed E-state index contributed by atoms with van der Waals surface area (Å²) in [6.45, 7) is 4.07. The van der Waals surface area contributed by atoms with Crippen LogP contribution in [-0.4, -0.2) is 55.0 Å². The zero-order chi connectivity index (χ0) is 18.9. The number of amides is 1. The molecule has 5 nitrogen and oxygen atoms in total. The van der Waals surface area contributed by atoms with Crippen molar-refractivity contribution >= 4 is 12.0 Å². The van der Waals surface area contributed by atoms with Crippen LogP contribution < -0.4 is 4.74 Å². The van der Waals surface area contributed by atoms with Crippen LogP contribution in [0.25, 0.3) is 6.08 Å². The fraction of sp³-hybridized carbons (Fsp3) is 0.273. The van der Waals surface area contributed by atoms with Gasteiger partial charge in [0.05, 0.1) is 11.6 Å². The monoisotopic (exact) mass is 361 g/mol. The number of ether oxygens (including phenoxy) is 1. The van der Waals surface area contributed by atoms with Crippen LogP contribution in [0.5, 0.6) is 5.75 Å². The highest BCUT2D eigenvalue weighted by Crippen LogP contribution is 2.12. The van der Waals surface area contributed by atoms with E-state index >= 15 is 0 Å². The quantitative estimate of drug-likeness (QED) is 0.794. The fourth-order valence-electron chi connectivity index (χ4n) is 2.94. The smallest absolute Gasteiger partial charge is 0.260 e. The molecule has 1 fully saturated rings. The molecule has 5 heteroatoms. The van der Waals surface area contributed by atoms with Gasteiger partial charge in [-0.1, -0.05) is 42.5 Å². The molecule has 0 N–H and O–H groups in total. The molecule has 1 saturated heterocycles. The number of benzene rings is 2. The molecular formula is C22H23N3O2. The van der Waals surface area contributed by atoms with Gasteiger partial charge in [-0.05, 0) is 29.8 Å². The maximum absolute atomic E-state index is 12.3. The van der Waals surface area contributed by atoms with E-state index < -0.39 is 0 Å². The van der Waals surface area contributed by atoms with Crippen molar-refractivity contribution < 1.29 is 9.53 Å². The Morgan fingerprint density at radius 2 is 1.74 bits per heavy atom. The second-order valence-corrected chi connectivity index (χ2v) is 6.42. The van der Waals surface area contributed by atoms with E-state index in [1.165, 1.54) is 5.56 Å². The molecule has 1 aliphatic rings. The first-order valence-electron chi connectivity index (χ1n) is 9.09. The number of rotatable bonds is 6. The Morgan fingerprint density at radius 1 is 1.04 bits per heavy atom. The van der Waals surface area contributed by atoms with Crippen LogP contribution in [0, 0.1) is 11.3 Å². The van der Waals surface area contributed by atoms with E-state index in [4.69, 9.17) is 10.00 Å². The first kappa shape index (κ1) is 18.7. The summed E-state index contributed by atoms with van der Waals surface area (Å²) in [4.78, 5) is 16.5. The Bertz CT molecular complexity index is 802. The van der Waals surface area contributed by atoms with Crippen LogP contribution in [0.4, 0.5) is 0 Å². The highest BCUT2D eigenvalue weighted by molar-refractivity contribution is 5.77. The molecule has 0 saturated carbocycles. The second-order valence-electron chi connectivity index (χ2n) is 6.42. The molecule has 0 atom stereocenters. The molecule has 1 heterocycles. The summed E-state index contributed by atoms with van der Waals surface area (Å²) in [7, 11) is 0. The Morgan fingerprint density at radius 3 is 2.41 bits per heavy atom. The second kappa shape index (κ2) is 9.56. The molecule has 2 aromatic carbocycles. The molecule has 1 amide bonds. The van der Waals surface area contributed by atoms with Crippen molar-refractivity contribution in [2.75, 3.05) is 39.3 Å². The van der Waals surface area contributed by atoms with Crippen molar-refractivity contribution in [3.8, 4) is 11.8 Å². The average molecular weight is 361 g/mol. The summed E-state index contributed by atoms with van der Waals surface area (Å²) in [6, 6.07) is 19.1. The van der Waals surface area contributed by atoms with Gasteiger partial charge in [0, 0.05) is 32.7 Å². The van der Waals surface area contributed by atoms with E-state index in [2.05, 4.69) is 35.3 Å². The van der Waals surface area contributed by atoms with Gasteiger partial charge in [-0.15, -0.1) is 0 Å². The third-order valence-electron chi connectivity index (χ3n) is 4.54. The SMILES string of the molecule is N#Cc1ccc(OCC(=O)N2CCN(C/C=C/c3ccccc3)CC2)cc1. The number of hydrogen-bond donors (Lipinski definition) is 0. The third-order valence-corrected chi connectivity index (χ3v) is 4.54. The topological polar surface area (TPSA) is 56.6 Å². The molecular weight excluding hydrogens is 338 g/mol. The molecule has 0 unspecified atom stereocenters. The molecule has 1 aliphatic heterocycles. The fourth-order valence-corrected chi connectivity index (χ4v) is 2.94. The number of piperazine rings is 1. The average Bonchev–Trinajstić information content (AvgIpc) is 2.73. The highest BCUT2D eigenvalue weighted by Gasteiger charge is 2.20. The Kier molecular flexibility index (Phi) is 6.61. The van der Waals surface area contributed by atoms with Crippen LogP contribution >= 0.6 is 0 Å². The minimum atomic E-state index is -0.00108. The molecule has 3 rings (SSSR count). The number of nitrogens with zero attached hydrogens (tertiary/aromatic N) is 3. The van der Waals surface area contributed by atoms with E-state index in [0.717, 1.165) is 32.7 Å². The van der Waals surface area contributed by atoms with Gasteiger partial charge in [0.1, 0.15) is 5.75 Å². The number of carbonyl (C=O) groups excluding carboxylic acids is 1. The summed E-state index contributed by atoms with van der Waals surface area (Å²) < 4.78 is 5.54. The molecule has 27 heavy (non-hydrogen) atoms. The Labute approximate surface area is 160 Å². The van der Waals surface area contributed by atoms with Gasteiger partial charge < -0.3 is 9.64 Å². The standard InChI is InChI=1S/C22H23N3O2/c23-17-20-8-10-21(11-9-20)27-18-22(26)25-15-13-24(14-16-25)12-4-7-19-5-2-1-3-6-19/h1-11H,12-16,18H2/b7-4+. The first-order chi connectivity index (χ1) is 13.2. The number of carbonyl (C=O) groups is 1. The molecule has 2 aromatic rings. The molecule has 138 valence electrons. The van der Waals surface area contributed by atoms with Crippen LogP contribution in [0.2, 0.25) is 0 Å². The zero-order valence-corrected chi connectivity index (χ0v) is 15.3. The summed E-state index contributed by atoms with van der Waals surface area (Å²) in [5, 5.41) is 8.79. The van der Waals surface area contributed by atoms with Crippen LogP contribution in [0.3, 0.4) is 0 Å². The van der Waals surface area contributed by atoms with Crippen LogP contribution in [0.1, 0.15) is 11.1 Å². The molecule has 0 bridgehead atoms. The molecule has 0 radical (unpaired) electrons. The Hall–Kier alpha value is -3.10. The van der Waals surface area contributed by atoms with Crippen molar-refractivity contribution in [2.45, 2.75) is 0 Å². The van der Waals surface area contributed by atoms with Gasteiger partial charge in [0.15, 0.2) is 6.61 Å². The number of hydrogen-bond acceptors (Lipinski definition) is 4. The van der Waals surface area contributed by atoms with E-state index in [1.54, 1.807) is 24.3 Å².